The van der Waals surface area contributed by atoms with Crippen molar-refractivity contribution in [1.82, 2.24) is 10.2 Å². The summed E-state index contributed by atoms with van der Waals surface area (Å²) in [6.45, 7) is 3.48. The van der Waals surface area contributed by atoms with E-state index in [1.807, 2.05) is 6.92 Å². The second kappa shape index (κ2) is 13.4. The molecule has 7 nitrogen and oxygen atoms in total. The van der Waals surface area contributed by atoms with Gasteiger partial charge in [0.2, 0.25) is 11.8 Å². The highest BCUT2D eigenvalue weighted by atomic mass is 35.5. The normalized spacial score (nSPS) is 12.0. The smallest absolute Gasteiger partial charge is 0.264 e. The minimum absolute atomic E-state index is 0.00883. The van der Waals surface area contributed by atoms with Gasteiger partial charge in [0.15, 0.2) is 0 Å². The number of carbonyl (C=O) groups excluding carboxylic acids is 2. The summed E-state index contributed by atoms with van der Waals surface area (Å²) in [6.07, 6.45) is 1.67. The lowest BCUT2D eigenvalue weighted by molar-refractivity contribution is -0.139. The van der Waals surface area contributed by atoms with Gasteiger partial charge in [-0.15, -0.1) is 0 Å². The summed E-state index contributed by atoms with van der Waals surface area (Å²) in [5.74, 6) is -1.38. The molecule has 0 heterocycles. The van der Waals surface area contributed by atoms with Crippen LogP contribution in [0.25, 0.3) is 0 Å². The third kappa shape index (κ3) is 7.55. The highest BCUT2D eigenvalue weighted by Crippen LogP contribution is 2.25. The Morgan fingerprint density at radius 1 is 0.974 bits per heavy atom. The number of hydrogen-bond donors (Lipinski definition) is 1. The van der Waals surface area contributed by atoms with Crippen LogP contribution >= 0.6 is 11.6 Å². The van der Waals surface area contributed by atoms with E-state index in [4.69, 9.17) is 11.6 Å². The Balaban J connectivity index is 1.96. The van der Waals surface area contributed by atoms with Crippen LogP contribution in [0.1, 0.15) is 32.3 Å². The first-order valence-electron chi connectivity index (χ1n) is 12.3. The number of rotatable bonds is 12. The summed E-state index contributed by atoms with van der Waals surface area (Å²) in [6, 6.07) is 18.6. The molecule has 0 fully saturated rings. The Morgan fingerprint density at radius 3 is 2.21 bits per heavy atom. The molecule has 1 N–H and O–H groups in total. The maximum atomic E-state index is 13.8. The van der Waals surface area contributed by atoms with E-state index < -0.39 is 34.3 Å². The average molecular weight is 560 g/mol. The van der Waals surface area contributed by atoms with Gasteiger partial charge in [-0.25, -0.2) is 12.8 Å². The van der Waals surface area contributed by atoms with Crippen molar-refractivity contribution in [1.29, 1.82) is 0 Å². The van der Waals surface area contributed by atoms with Crippen LogP contribution < -0.4 is 9.62 Å². The number of benzene rings is 3. The van der Waals surface area contributed by atoms with Crippen LogP contribution in [-0.2, 0) is 26.2 Å². The van der Waals surface area contributed by atoms with E-state index in [2.05, 4.69) is 5.32 Å². The molecule has 0 bridgehead atoms. The summed E-state index contributed by atoms with van der Waals surface area (Å²) < 4.78 is 41.8. The van der Waals surface area contributed by atoms with E-state index in [1.54, 1.807) is 37.3 Å². The van der Waals surface area contributed by atoms with E-state index in [0.717, 1.165) is 17.1 Å². The van der Waals surface area contributed by atoms with Crippen LogP contribution in [0, 0.1) is 5.82 Å². The molecule has 0 spiro atoms. The number of nitrogens with one attached hydrogen (secondary N) is 1. The molecule has 3 aromatic carbocycles. The molecule has 10 heteroatoms. The molecule has 0 aliphatic heterocycles. The zero-order chi connectivity index (χ0) is 27.7. The van der Waals surface area contributed by atoms with Crippen LogP contribution in [-0.4, -0.2) is 44.3 Å². The van der Waals surface area contributed by atoms with Crippen molar-refractivity contribution in [3.8, 4) is 0 Å². The van der Waals surface area contributed by atoms with Crippen molar-refractivity contribution in [3.05, 3.63) is 95.3 Å². The summed E-state index contributed by atoms with van der Waals surface area (Å²) in [5, 5.41) is 3.20. The number of unbranched alkanes of at least 4 members (excludes halogenated alkanes) is 1. The third-order valence-corrected chi connectivity index (χ3v) is 8.03. The first-order valence-corrected chi connectivity index (χ1v) is 14.1. The molecule has 0 aliphatic carbocycles. The number of halogens is 2. The van der Waals surface area contributed by atoms with Gasteiger partial charge in [0.05, 0.1) is 10.6 Å². The lowest BCUT2D eigenvalue weighted by Crippen LogP contribution is -2.51. The highest BCUT2D eigenvalue weighted by molar-refractivity contribution is 7.92. The molecule has 0 saturated heterocycles. The Bertz CT molecular complexity index is 1320. The molecule has 1 atom stereocenters. The summed E-state index contributed by atoms with van der Waals surface area (Å²) >= 11 is 5.95. The molecular weight excluding hydrogens is 529 g/mol. The Hall–Kier alpha value is -3.43. The van der Waals surface area contributed by atoms with Gasteiger partial charge in [-0.05, 0) is 67.4 Å². The topological polar surface area (TPSA) is 86.8 Å². The number of nitrogens with zero attached hydrogens (tertiary/aromatic N) is 2. The Kier molecular flexibility index (Phi) is 10.3. The minimum atomic E-state index is -4.16. The molecular formula is C28H31ClFN3O4S. The van der Waals surface area contributed by atoms with Gasteiger partial charge >= 0.3 is 0 Å². The van der Waals surface area contributed by atoms with Gasteiger partial charge in [0.1, 0.15) is 18.4 Å². The fraction of sp³-hybridized carbons (Fsp3) is 0.286. The van der Waals surface area contributed by atoms with Crippen molar-refractivity contribution < 1.29 is 22.4 Å². The van der Waals surface area contributed by atoms with Crippen LogP contribution in [0.2, 0.25) is 5.02 Å². The molecule has 0 aromatic heterocycles. The molecule has 202 valence electrons. The minimum Gasteiger partial charge on any atom is -0.354 e. The molecule has 2 amide bonds. The van der Waals surface area contributed by atoms with Crippen molar-refractivity contribution in [2.24, 2.45) is 0 Å². The number of carbonyl (C=O) groups is 2. The second-order valence-corrected chi connectivity index (χ2v) is 11.1. The molecule has 0 aliphatic rings. The lowest BCUT2D eigenvalue weighted by atomic mass is 10.1. The molecule has 0 saturated carbocycles. The maximum absolute atomic E-state index is 13.8. The number of hydrogen-bond acceptors (Lipinski definition) is 4. The third-order valence-electron chi connectivity index (χ3n) is 5.99. The molecule has 38 heavy (non-hydrogen) atoms. The van der Waals surface area contributed by atoms with Crippen molar-refractivity contribution in [2.75, 3.05) is 17.4 Å². The fourth-order valence-electron chi connectivity index (χ4n) is 3.76. The van der Waals surface area contributed by atoms with Crippen LogP contribution in [0.5, 0.6) is 0 Å². The van der Waals surface area contributed by atoms with E-state index in [0.29, 0.717) is 17.1 Å². The van der Waals surface area contributed by atoms with Gasteiger partial charge in [0.25, 0.3) is 10.0 Å². The van der Waals surface area contributed by atoms with Gasteiger partial charge < -0.3 is 10.2 Å². The van der Waals surface area contributed by atoms with E-state index >= 15 is 0 Å². The van der Waals surface area contributed by atoms with Crippen LogP contribution in [0.4, 0.5) is 10.1 Å². The zero-order valence-corrected chi connectivity index (χ0v) is 22.9. The highest BCUT2D eigenvalue weighted by Gasteiger charge is 2.32. The van der Waals surface area contributed by atoms with Gasteiger partial charge in [-0.1, -0.05) is 55.3 Å². The van der Waals surface area contributed by atoms with E-state index in [1.165, 1.54) is 53.4 Å². The van der Waals surface area contributed by atoms with Crippen LogP contribution in [0.3, 0.4) is 0 Å². The lowest BCUT2D eigenvalue weighted by Gasteiger charge is -2.32. The summed E-state index contributed by atoms with van der Waals surface area (Å²) in [5.41, 5.74) is 0.886. The number of anilines is 1. The molecule has 0 radical (unpaired) electrons. The first kappa shape index (κ1) is 29.1. The average Bonchev–Trinajstić information content (AvgIpc) is 2.91. The molecule has 0 unspecified atom stereocenters. The predicted octanol–water partition coefficient (Wildman–Crippen LogP) is 5.01. The Labute approximate surface area is 228 Å². The van der Waals surface area contributed by atoms with Crippen molar-refractivity contribution >= 4 is 39.1 Å². The second-order valence-electron chi connectivity index (χ2n) is 8.77. The van der Waals surface area contributed by atoms with Gasteiger partial charge in [-0.2, -0.15) is 0 Å². The monoisotopic (exact) mass is 559 g/mol. The predicted molar refractivity (Wildman–Crippen MR) is 147 cm³/mol. The first-order chi connectivity index (χ1) is 18.1. The number of amides is 2. The maximum Gasteiger partial charge on any atom is 0.264 e. The van der Waals surface area contributed by atoms with E-state index in [9.17, 15) is 22.4 Å². The van der Waals surface area contributed by atoms with Gasteiger partial charge in [0, 0.05) is 18.1 Å². The van der Waals surface area contributed by atoms with Gasteiger partial charge in [-0.3, -0.25) is 13.9 Å². The number of sulfonamides is 1. The largest absolute Gasteiger partial charge is 0.354 e. The fourth-order valence-corrected chi connectivity index (χ4v) is 5.30. The van der Waals surface area contributed by atoms with Crippen LogP contribution in [0.15, 0.2) is 83.8 Å². The summed E-state index contributed by atoms with van der Waals surface area (Å²) in [4.78, 5) is 27.9. The summed E-state index contributed by atoms with van der Waals surface area (Å²) in [7, 11) is -4.16. The quantitative estimate of drug-likeness (QED) is 0.316. The Morgan fingerprint density at radius 2 is 1.61 bits per heavy atom. The number of para-hydroxylation sites is 1. The zero-order valence-electron chi connectivity index (χ0n) is 21.3. The standard InChI is InChI=1S/C28H31ClFN3O4S/c1-3-4-18-31-28(35)21(2)32(19-22-10-14-24(30)15-11-22)27(34)20-33(25-8-6-5-7-9-25)38(36,37)26-16-12-23(29)13-17-26/h5-17,21H,3-4,18-20H2,1-2H3,(H,31,35)/t21-/m1/s1. The molecule has 3 aromatic rings. The van der Waals surface area contributed by atoms with Crippen molar-refractivity contribution in [2.45, 2.75) is 44.2 Å². The molecule has 3 rings (SSSR count). The van der Waals surface area contributed by atoms with Crippen molar-refractivity contribution in [3.63, 3.8) is 0 Å². The van der Waals surface area contributed by atoms with E-state index in [-0.39, 0.29) is 23.0 Å². The SMILES string of the molecule is CCCCNC(=O)[C@@H](C)N(Cc1ccc(F)cc1)C(=O)CN(c1ccccc1)S(=O)(=O)c1ccc(Cl)cc1.